The lowest BCUT2D eigenvalue weighted by molar-refractivity contribution is 0.231. The van der Waals surface area contributed by atoms with E-state index in [9.17, 15) is 4.79 Å². The maximum Gasteiger partial charge on any atom is 0.315 e. The van der Waals surface area contributed by atoms with Crippen molar-refractivity contribution in [3.05, 3.63) is 35.4 Å². The Bertz CT molecular complexity index is 357. The minimum Gasteiger partial charge on any atom is -0.334 e. The van der Waals surface area contributed by atoms with Gasteiger partial charge < -0.3 is 16.0 Å². The van der Waals surface area contributed by atoms with Crippen molar-refractivity contribution in [3.63, 3.8) is 0 Å². The first kappa shape index (κ1) is 11.0. The lowest BCUT2D eigenvalue weighted by atomic mass is 10.1. The largest absolute Gasteiger partial charge is 0.334 e. The molecule has 1 aliphatic heterocycles. The summed E-state index contributed by atoms with van der Waals surface area (Å²) in [6.45, 7) is 4.37. The van der Waals surface area contributed by atoms with Gasteiger partial charge in [-0.05, 0) is 12.5 Å². The molecule has 1 aromatic carbocycles. The van der Waals surface area contributed by atoms with E-state index < -0.39 is 0 Å². The zero-order valence-electron chi connectivity index (χ0n) is 9.42. The maximum absolute atomic E-state index is 11.4. The second kappa shape index (κ2) is 4.99. The van der Waals surface area contributed by atoms with Gasteiger partial charge in [-0.25, -0.2) is 4.79 Å². The van der Waals surface area contributed by atoms with Crippen LogP contribution in [0.25, 0.3) is 0 Å². The van der Waals surface area contributed by atoms with Crippen LogP contribution in [0, 0.1) is 6.92 Å². The average Bonchev–Trinajstić information content (AvgIpc) is 2.23. The fraction of sp³-hybridized carbons (Fsp3) is 0.417. The minimum atomic E-state index is -0.0907. The molecule has 1 aliphatic rings. The van der Waals surface area contributed by atoms with Crippen molar-refractivity contribution in [3.8, 4) is 0 Å². The van der Waals surface area contributed by atoms with Gasteiger partial charge in [0.1, 0.15) is 0 Å². The molecule has 4 nitrogen and oxygen atoms in total. The summed E-state index contributed by atoms with van der Waals surface area (Å²) < 4.78 is 0. The number of carbonyl (C=O) groups is 1. The van der Waals surface area contributed by atoms with Crippen LogP contribution in [-0.4, -0.2) is 25.2 Å². The van der Waals surface area contributed by atoms with Crippen LogP contribution < -0.4 is 16.0 Å². The average molecular weight is 219 g/mol. The molecule has 0 saturated carbocycles. The van der Waals surface area contributed by atoms with Crippen LogP contribution >= 0.6 is 0 Å². The van der Waals surface area contributed by atoms with E-state index in [1.165, 1.54) is 5.56 Å². The fourth-order valence-corrected chi connectivity index (χ4v) is 1.52. The third-order valence-corrected chi connectivity index (χ3v) is 2.69. The Morgan fingerprint density at radius 3 is 2.62 bits per heavy atom. The highest BCUT2D eigenvalue weighted by atomic mass is 16.2. The predicted octanol–water partition coefficient (Wildman–Crippen LogP) is 0.766. The SMILES string of the molecule is Cc1ccc(CNC(=O)NC2CNC2)cc1. The first-order valence-electron chi connectivity index (χ1n) is 5.54. The van der Waals surface area contributed by atoms with Gasteiger partial charge in [-0.15, -0.1) is 0 Å². The van der Waals surface area contributed by atoms with E-state index in [0.717, 1.165) is 18.7 Å². The fourth-order valence-electron chi connectivity index (χ4n) is 1.52. The van der Waals surface area contributed by atoms with Gasteiger partial charge in [0.25, 0.3) is 0 Å². The topological polar surface area (TPSA) is 53.2 Å². The molecule has 0 atom stereocenters. The number of hydrogen-bond donors (Lipinski definition) is 3. The summed E-state index contributed by atoms with van der Waals surface area (Å²) in [5.74, 6) is 0. The normalized spacial score (nSPS) is 15.3. The quantitative estimate of drug-likeness (QED) is 0.703. The summed E-state index contributed by atoms with van der Waals surface area (Å²) in [5, 5.41) is 8.83. The molecule has 16 heavy (non-hydrogen) atoms. The molecule has 0 unspecified atom stereocenters. The highest BCUT2D eigenvalue weighted by Crippen LogP contribution is 2.02. The van der Waals surface area contributed by atoms with Gasteiger partial charge in [-0.1, -0.05) is 29.8 Å². The van der Waals surface area contributed by atoms with Crippen LogP contribution in [0.2, 0.25) is 0 Å². The number of aryl methyl sites for hydroxylation is 1. The monoisotopic (exact) mass is 219 g/mol. The second-order valence-corrected chi connectivity index (χ2v) is 4.17. The Hall–Kier alpha value is -1.55. The smallest absolute Gasteiger partial charge is 0.315 e. The van der Waals surface area contributed by atoms with Crippen molar-refractivity contribution in [2.45, 2.75) is 19.5 Å². The predicted molar refractivity (Wildman–Crippen MR) is 63.2 cm³/mol. The Kier molecular flexibility index (Phi) is 3.41. The molecule has 1 saturated heterocycles. The van der Waals surface area contributed by atoms with E-state index in [2.05, 4.69) is 16.0 Å². The van der Waals surface area contributed by atoms with Crippen LogP contribution in [0.3, 0.4) is 0 Å². The van der Waals surface area contributed by atoms with Crippen molar-refractivity contribution >= 4 is 6.03 Å². The molecule has 2 amide bonds. The molecular weight excluding hydrogens is 202 g/mol. The molecule has 0 aliphatic carbocycles. The first-order valence-corrected chi connectivity index (χ1v) is 5.54. The maximum atomic E-state index is 11.4. The zero-order valence-corrected chi connectivity index (χ0v) is 9.42. The van der Waals surface area contributed by atoms with E-state index in [4.69, 9.17) is 0 Å². The Labute approximate surface area is 95.4 Å². The van der Waals surface area contributed by atoms with Crippen LogP contribution in [0.5, 0.6) is 0 Å². The van der Waals surface area contributed by atoms with Crippen molar-refractivity contribution in [2.24, 2.45) is 0 Å². The summed E-state index contributed by atoms with van der Waals surface area (Å²) in [7, 11) is 0. The molecule has 1 heterocycles. The number of hydrogen-bond acceptors (Lipinski definition) is 2. The van der Waals surface area contributed by atoms with Crippen molar-refractivity contribution < 1.29 is 4.79 Å². The second-order valence-electron chi connectivity index (χ2n) is 4.17. The van der Waals surface area contributed by atoms with Crippen LogP contribution in [0.4, 0.5) is 4.79 Å². The molecule has 1 fully saturated rings. The lowest BCUT2D eigenvalue weighted by Crippen LogP contribution is -2.58. The van der Waals surface area contributed by atoms with E-state index in [0.29, 0.717) is 6.54 Å². The number of rotatable bonds is 3. The van der Waals surface area contributed by atoms with Gasteiger partial charge in [0, 0.05) is 19.6 Å². The van der Waals surface area contributed by atoms with Gasteiger partial charge in [0.15, 0.2) is 0 Å². The molecule has 3 N–H and O–H groups in total. The van der Waals surface area contributed by atoms with Crippen molar-refractivity contribution in [1.29, 1.82) is 0 Å². The van der Waals surface area contributed by atoms with E-state index in [1.807, 2.05) is 31.2 Å². The standard InChI is InChI=1S/C12H17N3O/c1-9-2-4-10(5-3-9)6-14-12(16)15-11-7-13-8-11/h2-5,11,13H,6-8H2,1H3,(H2,14,15,16). The van der Waals surface area contributed by atoms with Gasteiger partial charge in [-0.3, -0.25) is 0 Å². The summed E-state index contributed by atoms with van der Waals surface area (Å²) in [6, 6.07) is 8.35. The van der Waals surface area contributed by atoms with Gasteiger partial charge >= 0.3 is 6.03 Å². The Morgan fingerprint density at radius 1 is 1.38 bits per heavy atom. The summed E-state index contributed by atoms with van der Waals surface area (Å²) in [4.78, 5) is 11.4. The number of amides is 2. The molecule has 0 radical (unpaired) electrons. The molecule has 0 bridgehead atoms. The van der Waals surface area contributed by atoms with Gasteiger partial charge in [-0.2, -0.15) is 0 Å². The summed E-state index contributed by atoms with van der Waals surface area (Å²) in [6.07, 6.45) is 0. The lowest BCUT2D eigenvalue weighted by Gasteiger charge is -2.27. The molecule has 1 aromatic rings. The zero-order chi connectivity index (χ0) is 11.4. The third-order valence-electron chi connectivity index (χ3n) is 2.69. The molecule has 0 spiro atoms. The highest BCUT2D eigenvalue weighted by Gasteiger charge is 2.18. The third kappa shape index (κ3) is 2.97. The molecule has 4 heteroatoms. The van der Waals surface area contributed by atoms with Gasteiger partial charge in [0.05, 0.1) is 6.04 Å². The molecule has 0 aromatic heterocycles. The molecule has 2 rings (SSSR count). The van der Waals surface area contributed by atoms with Gasteiger partial charge in [0.2, 0.25) is 0 Å². The molecule has 86 valence electrons. The Balaban J connectivity index is 1.73. The number of carbonyl (C=O) groups excluding carboxylic acids is 1. The van der Waals surface area contributed by atoms with Crippen LogP contribution in [0.1, 0.15) is 11.1 Å². The summed E-state index contributed by atoms with van der Waals surface area (Å²) in [5.41, 5.74) is 2.35. The van der Waals surface area contributed by atoms with E-state index in [-0.39, 0.29) is 12.1 Å². The number of urea groups is 1. The van der Waals surface area contributed by atoms with Crippen molar-refractivity contribution in [2.75, 3.05) is 13.1 Å². The van der Waals surface area contributed by atoms with Crippen LogP contribution in [0.15, 0.2) is 24.3 Å². The Morgan fingerprint density at radius 2 is 2.06 bits per heavy atom. The first-order chi connectivity index (χ1) is 7.74. The van der Waals surface area contributed by atoms with E-state index >= 15 is 0 Å². The minimum absolute atomic E-state index is 0.0907. The number of benzene rings is 1. The molecular formula is C12H17N3O. The number of nitrogens with one attached hydrogen (secondary N) is 3. The van der Waals surface area contributed by atoms with Crippen molar-refractivity contribution in [1.82, 2.24) is 16.0 Å². The van der Waals surface area contributed by atoms with Crippen LogP contribution in [-0.2, 0) is 6.54 Å². The summed E-state index contributed by atoms with van der Waals surface area (Å²) >= 11 is 0. The van der Waals surface area contributed by atoms with E-state index in [1.54, 1.807) is 0 Å². The highest BCUT2D eigenvalue weighted by molar-refractivity contribution is 5.74.